The average Bonchev–Trinajstić information content (AvgIpc) is 3.02. The summed E-state index contributed by atoms with van der Waals surface area (Å²) in [6.45, 7) is 0. The minimum Gasteiger partial charge on any atom is -0.353 e. The quantitative estimate of drug-likeness (QED) is 0.419. The molecule has 3 heterocycles. The minimum atomic E-state index is 1.06. The first kappa shape index (κ1) is 10.4. The average molecular weight is 274 g/mol. The van der Waals surface area contributed by atoms with Crippen molar-refractivity contribution in [2.75, 3.05) is 0 Å². The predicted octanol–water partition coefficient (Wildman–Crippen LogP) is 5.08. The van der Waals surface area contributed by atoms with Crippen LogP contribution in [0.2, 0.25) is 0 Å². The highest BCUT2D eigenvalue weighted by Crippen LogP contribution is 2.37. The zero-order valence-electron chi connectivity index (χ0n) is 10.6. The van der Waals surface area contributed by atoms with Crippen LogP contribution in [0.3, 0.4) is 0 Å². The van der Waals surface area contributed by atoms with Crippen LogP contribution in [0.1, 0.15) is 0 Å². The van der Waals surface area contributed by atoms with Crippen LogP contribution in [0.4, 0.5) is 0 Å². The number of aromatic nitrogens is 2. The molecule has 0 unspecified atom stereocenters. The number of aromatic amines is 1. The number of nitrogens with one attached hydrogen (secondary N) is 1. The van der Waals surface area contributed by atoms with E-state index in [1.165, 1.54) is 25.6 Å². The van der Waals surface area contributed by atoms with E-state index < -0.39 is 0 Å². The van der Waals surface area contributed by atoms with Crippen molar-refractivity contribution in [2.45, 2.75) is 0 Å². The van der Waals surface area contributed by atoms with Crippen LogP contribution in [0, 0.1) is 0 Å². The normalized spacial score (nSPS) is 12.0. The Morgan fingerprint density at radius 2 is 1.75 bits per heavy atom. The molecule has 0 saturated carbocycles. The van der Waals surface area contributed by atoms with Gasteiger partial charge in [-0.05, 0) is 30.3 Å². The van der Waals surface area contributed by atoms with Gasteiger partial charge in [0.1, 0.15) is 0 Å². The Kier molecular flexibility index (Phi) is 1.86. The Morgan fingerprint density at radius 1 is 0.800 bits per heavy atom. The van der Waals surface area contributed by atoms with Crippen molar-refractivity contribution in [2.24, 2.45) is 0 Å². The molecule has 5 aromatic rings. The molecule has 94 valence electrons. The van der Waals surface area contributed by atoms with Crippen molar-refractivity contribution >= 4 is 53.4 Å². The van der Waals surface area contributed by atoms with E-state index in [4.69, 9.17) is 0 Å². The maximum absolute atomic E-state index is 4.50. The molecule has 0 saturated heterocycles. The first-order valence-electron chi connectivity index (χ1n) is 6.58. The van der Waals surface area contributed by atoms with Gasteiger partial charge in [-0.3, -0.25) is 4.98 Å². The first-order chi connectivity index (χ1) is 9.90. The van der Waals surface area contributed by atoms with E-state index >= 15 is 0 Å². The van der Waals surface area contributed by atoms with E-state index in [0.717, 1.165) is 16.6 Å². The zero-order valence-corrected chi connectivity index (χ0v) is 11.4. The Morgan fingerprint density at radius 3 is 2.75 bits per heavy atom. The molecule has 0 radical (unpaired) electrons. The molecule has 2 aromatic carbocycles. The molecule has 0 fully saturated rings. The highest BCUT2D eigenvalue weighted by molar-refractivity contribution is 7.25. The number of H-pyrrole nitrogens is 1. The van der Waals surface area contributed by atoms with E-state index in [0.29, 0.717) is 0 Å². The summed E-state index contributed by atoms with van der Waals surface area (Å²) in [6, 6.07) is 17.1. The Hall–Kier alpha value is -2.39. The van der Waals surface area contributed by atoms with E-state index in [2.05, 4.69) is 52.4 Å². The van der Waals surface area contributed by atoms with Crippen molar-refractivity contribution < 1.29 is 0 Å². The molecule has 0 aliphatic heterocycles. The van der Waals surface area contributed by atoms with Crippen molar-refractivity contribution in [3.63, 3.8) is 0 Å². The number of pyridine rings is 1. The van der Waals surface area contributed by atoms with Gasteiger partial charge in [0.25, 0.3) is 0 Å². The molecule has 0 bridgehead atoms. The monoisotopic (exact) mass is 274 g/mol. The van der Waals surface area contributed by atoms with Gasteiger partial charge < -0.3 is 4.98 Å². The van der Waals surface area contributed by atoms with Gasteiger partial charge >= 0.3 is 0 Å². The summed E-state index contributed by atoms with van der Waals surface area (Å²) in [5.41, 5.74) is 3.32. The van der Waals surface area contributed by atoms with Crippen molar-refractivity contribution in [1.29, 1.82) is 0 Å². The summed E-state index contributed by atoms with van der Waals surface area (Å²) >= 11 is 1.85. The number of hydrogen-bond acceptors (Lipinski definition) is 2. The maximum Gasteiger partial charge on any atom is 0.0958 e. The summed E-state index contributed by atoms with van der Waals surface area (Å²) in [4.78, 5) is 7.97. The lowest BCUT2D eigenvalue weighted by molar-refractivity contribution is 1.42. The van der Waals surface area contributed by atoms with Crippen molar-refractivity contribution in [3.05, 3.63) is 54.7 Å². The lowest BCUT2D eigenvalue weighted by Gasteiger charge is -1.93. The Balaban J connectivity index is 2.05. The van der Waals surface area contributed by atoms with Crippen molar-refractivity contribution in [1.82, 2.24) is 9.97 Å². The van der Waals surface area contributed by atoms with Crippen LogP contribution < -0.4 is 0 Å². The smallest absolute Gasteiger partial charge is 0.0958 e. The third kappa shape index (κ3) is 1.25. The van der Waals surface area contributed by atoms with Gasteiger partial charge in [-0.25, -0.2) is 0 Å². The van der Waals surface area contributed by atoms with Gasteiger partial charge in [0, 0.05) is 37.3 Å². The number of benzene rings is 2. The van der Waals surface area contributed by atoms with Gasteiger partial charge in [-0.15, -0.1) is 11.3 Å². The van der Waals surface area contributed by atoms with Crippen LogP contribution >= 0.6 is 11.3 Å². The molecule has 0 atom stereocenters. The lowest BCUT2D eigenvalue weighted by atomic mass is 10.1. The molecule has 0 aliphatic rings. The Labute approximate surface area is 118 Å². The second-order valence-corrected chi connectivity index (χ2v) is 6.10. The fourth-order valence-corrected chi connectivity index (χ4v) is 4.06. The Bertz CT molecular complexity index is 1010. The van der Waals surface area contributed by atoms with Gasteiger partial charge in [0.15, 0.2) is 0 Å². The first-order valence-corrected chi connectivity index (χ1v) is 7.39. The summed E-state index contributed by atoms with van der Waals surface area (Å²) in [7, 11) is 0. The van der Waals surface area contributed by atoms with E-state index in [-0.39, 0.29) is 0 Å². The second-order valence-electron chi connectivity index (χ2n) is 5.02. The summed E-state index contributed by atoms with van der Waals surface area (Å²) < 4.78 is 2.66. The third-order valence-corrected chi connectivity index (χ3v) is 4.98. The molecule has 1 N–H and O–H groups in total. The number of rotatable bonds is 0. The fraction of sp³-hybridized carbons (Fsp3) is 0. The van der Waals surface area contributed by atoms with Crippen molar-refractivity contribution in [3.8, 4) is 0 Å². The summed E-state index contributed by atoms with van der Waals surface area (Å²) in [5.74, 6) is 0. The molecular weight excluding hydrogens is 264 g/mol. The number of fused-ring (bicyclic) bond motifs is 6. The van der Waals surface area contributed by atoms with Crippen LogP contribution in [-0.2, 0) is 0 Å². The molecule has 20 heavy (non-hydrogen) atoms. The predicted molar refractivity (Wildman–Crippen MR) is 86.5 cm³/mol. The van der Waals surface area contributed by atoms with Gasteiger partial charge in [-0.1, -0.05) is 18.2 Å². The SMILES string of the molecule is c1cnc2c(c1)[nH]c1cc3c(cc12)sc1ccccc13. The highest BCUT2D eigenvalue weighted by atomic mass is 32.1. The summed E-state index contributed by atoms with van der Waals surface area (Å²) in [5, 5.41) is 3.87. The summed E-state index contributed by atoms with van der Waals surface area (Å²) in [6.07, 6.45) is 1.85. The zero-order chi connectivity index (χ0) is 13.1. The van der Waals surface area contributed by atoms with E-state index in [9.17, 15) is 0 Å². The van der Waals surface area contributed by atoms with Crippen LogP contribution in [0.5, 0.6) is 0 Å². The van der Waals surface area contributed by atoms with E-state index in [1.54, 1.807) is 0 Å². The molecule has 0 aliphatic carbocycles. The number of nitrogens with zero attached hydrogens (tertiary/aromatic N) is 1. The number of hydrogen-bond donors (Lipinski definition) is 1. The second kappa shape index (κ2) is 3.58. The van der Waals surface area contributed by atoms with Crippen LogP contribution in [-0.4, -0.2) is 9.97 Å². The number of thiophene rings is 1. The molecular formula is C17H10N2S. The molecule has 5 rings (SSSR count). The molecule has 0 spiro atoms. The minimum absolute atomic E-state index is 1.06. The maximum atomic E-state index is 4.50. The van der Waals surface area contributed by atoms with Crippen LogP contribution in [0.25, 0.3) is 42.1 Å². The largest absolute Gasteiger partial charge is 0.353 e. The topological polar surface area (TPSA) is 28.7 Å². The fourth-order valence-electron chi connectivity index (χ4n) is 2.94. The molecule has 3 aromatic heterocycles. The third-order valence-electron chi connectivity index (χ3n) is 3.85. The van der Waals surface area contributed by atoms with E-state index in [1.807, 2.05) is 23.6 Å². The molecule has 2 nitrogen and oxygen atoms in total. The van der Waals surface area contributed by atoms with Gasteiger partial charge in [-0.2, -0.15) is 0 Å². The van der Waals surface area contributed by atoms with Gasteiger partial charge in [0.2, 0.25) is 0 Å². The standard InChI is InChI=1S/C17H10N2S/c1-2-6-15-10(4-1)11-8-14-12(9-16(11)20-15)17-13(19-14)5-3-7-18-17/h1-9,19H. The lowest BCUT2D eigenvalue weighted by Crippen LogP contribution is -1.71. The van der Waals surface area contributed by atoms with Gasteiger partial charge in [0.05, 0.1) is 11.0 Å². The highest BCUT2D eigenvalue weighted by Gasteiger charge is 2.10. The van der Waals surface area contributed by atoms with Crippen LogP contribution in [0.15, 0.2) is 54.7 Å². The molecule has 0 amide bonds. The molecule has 3 heteroatoms.